The molecule has 3 heterocycles. The zero-order chi connectivity index (χ0) is 22.5. The number of carboxylic acid groups (broad SMARTS) is 1. The average Bonchev–Trinajstić information content (AvgIpc) is 2.82. The lowest BCUT2D eigenvalue weighted by Crippen LogP contribution is -2.37. The molecular weight excluding hydrogens is 414 g/mol. The highest BCUT2D eigenvalue weighted by Gasteiger charge is 2.22. The monoisotopic (exact) mass is 439 g/mol. The number of benzene rings is 1. The van der Waals surface area contributed by atoms with Gasteiger partial charge in [0.25, 0.3) is 0 Å². The molecule has 0 spiro atoms. The largest absolute Gasteiger partial charge is 0.477 e. The van der Waals surface area contributed by atoms with Gasteiger partial charge in [-0.3, -0.25) is 0 Å². The van der Waals surface area contributed by atoms with Crippen LogP contribution >= 0.6 is 0 Å². The Morgan fingerprint density at radius 1 is 1.19 bits per heavy atom. The van der Waals surface area contributed by atoms with Gasteiger partial charge in [0.2, 0.25) is 5.95 Å². The first kappa shape index (κ1) is 21.9. The molecular formula is C22H25N5O5. The Morgan fingerprint density at radius 3 is 2.72 bits per heavy atom. The molecule has 0 aliphatic carbocycles. The second-order valence-electron chi connectivity index (χ2n) is 7.31. The van der Waals surface area contributed by atoms with Crippen molar-refractivity contribution in [3.05, 3.63) is 41.6 Å². The van der Waals surface area contributed by atoms with Crippen molar-refractivity contribution < 1.29 is 24.5 Å². The molecule has 0 radical (unpaired) electrons. The maximum absolute atomic E-state index is 11.8. The van der Waals surface area contributed by atoms with E-state index in [1.54, 1.807) is 7.11 Å². The van der Waals surface area contributed by atoms with Crippen LogP contribution in [0.3, 0.4) is 0 Å². The van der Waals surface area contributed by atoms with Gasteiger partial charge < -0.3 is 29.9 Å². The molecule has 0 saturated carbocycles. The van der Waals surface area contributed by atoms with Gasteiger partial charge >= 0.3 is 5.97 Å². The number of rotatable bonds is 8. The minimum Gasteiger partial charge on any atom is -0.477 e. The van der Waals surface area contributed by atoms with E-state index in [4.69, 9.17) is 19.4 Å². The Kier molecular flexibility index (Phi) is 6.74. The molecule has 2 aromatic heterocycles. The lowest BCUT2D eigenvalue weighted by Gasteiger charge is -2.27. The summed E-state index contributed by atoms with van der Waals surface area (Å²) in [4.78, 5) is 27.7. The van der Waals surface area contributed by atoms with Crippen molar-refractivity contribution in [1.82, 2.24) is 15.0 Å². The number of hydrogen-bond acceptors (Lipinski definition) is 9. The minimum atomic E-state index is -1.16. The lowest BCUT2D eigenvalue weighted by molar-refractivity contribution is 0.0691. The number of anilines is 2. The molecule has 4 rings (SSSR count). The summed E-state index contributed by atoms with van der Waals surface area (Å²) in [6, 6.07) is 9.13. The summed E-state index contributed by atoms with van der Waals surface area (Å²) in [5, 5.41) is 22.0. The summed E-state index contributed by atoms with van der Waals surface area (Å²) >= 11 is 0. The lowest BCUT2D eigenvalue weighted by atomic mass is 10.1. The second-order valence-corrected chi connectivity index (χ2v) is 7.31. The van der Waals surface area contributed by atoms with Crippen LogP contribution in [0.5, 0.6) is 0 Å². The number of methoxy groups -OCH3 is 1. The third-order valence-corrected chi connectivity index (χ3v) is 5.09. The van der Waals surface area contributed by atoms with E-state index in [2.05, 4.69) is 10.3 Å². The zero-order valence-electron chi connectivity index (χ0n) is 17.7. The summed E-state index contributed by atoms with van der Waals surface area (Å²) in [7, 11) is 1.63. The van der Waals surface area contributed by atoms with Gasteiger partial charge in [-0.05, 0) is 17.7 Å². The first-order valence-corrected chi connectivity index (χ1v) is 10.3. The predicted octanol–water partition coefficient (Wildman–Crippen LogP) is 1.78. The molecule has 0 atom stereocenters. The van der Waals surface area contributed by atoms with Gasteiger partial charge in [-0.1, -0.05) is 18.2 Å². The number of nitrogens with one attached hydrogen (secondary N) is 1. The van der Waals surface area contributed by atoms with E-state index in [1.807, 2.05) is 29.2 Å². The fourth-order valence-corrected chi connectivity index (χ4v) is 3.61. The molecule has 3 N–H and O–H groups in total. The van der Waals surface area contributed by atoms with Gasteiger partial charge in [0.1, 0.15) is 16.7 Å². The van der Waals surface area contributed by atoms with Crippen LogP contribution < -0.4 is 10.2 Å². The summed E-state index contributed by atoms with van der Waals surface area (Å²) in [6.07, 6.45) is 0. The van der Waals surface area contributed by atoms with Gasteiger partial charge in [-0.25, -0.2) is 19.7 Å². The molecule has 1 aliphatic rings. The Hall–Kier alpha value is -3.34. The van der Waals surface area contributed by atoms with E-state index in [0.717, 1.165) is 11.1 Å². The number of ether oxygens (including phenoxy) is 2. The standard InChI is InChI=1S/C22H25N5O5/c1-31-13-14-3-2-4-15(11-14)18-20-19(26-22(25-18)27-6-9-32-10-7-27)16(23-5-8-28)12-17(24-20)21(29)30/h2-4,11-12,28H,5-10,13H2,1H3,(H,23,24)(H,29,30). The third-order valence-electron chi connectivity index (χ3n) is 5.09. The van der Waals surface area contributed by atoms with Crippen LogP contribution in [-0.2, 0) is 16.1 Å². The molecule has 0 bridgehead atoms. The first-order valence-electron chi connectivity index (χ1n) is 10.3. The maximum Gasteiger partial charge on any atom is 0.354 e. The number of carbonyl (C=O) groups is 1. The van der Waals surface area contributed by atoms with E-state index < -0.39 is 5.97 Å². The van der Waals surface area contributed by atoms with Crippen molar-refractivity contribution >= 4 is 28.6 Å². The summed E-state index contributed by atoms with van der Waals surface area (Å²) < 4.78 is 10.7. The van der Waals surface area contributed by atoms with Crippen LogP contribution in [0.25, 0.3) is 22.3 Å². The van der Waals surface area contributed by atoms with Crippen LogP contribution in [0, 0.1) is 0 Å². The van der Waals surface area contributed by atoms with Crippen LogP contribution in [0.2, 0.25) is 0 Å². The maximum atomic E-state index is 11.8. The fourth-order valence-electron chi connectivity index (χ4n) is 3.61. The number of aliphatic hydroxyl groups excluding tert-OH is 1. The van der Waals surface area contributed by atoms with E-state index in [0.29, 0.717) is 61.3 Å². The highest BCUT2D eigenvalue weighted by molar-refractivity contribution is 6.00. The highest BCUT2D eigenvalue weighted by atomic mass is 16.5. The summed E-state index contributed by atoms with van der Waals surface area (Å²) in [5.41, 5.74) is 3.48. The fraction of sp³-hybridized carbons (Fsp3) is 0.364. The number of aromatic carboxylic acids is 1. The molecule has 10 heteroatoms. The molecule has 168 valence electrons. The molecule has 1 aromatic carbocycles. The Labute approximate surface area is 184 Å². The van der Waals surface area contributed by atoms with Crippen LogP contribution in [0.15, 0.2) is 30.3 Å². The molecule has 10 nitrogen and oxygen atoms in total. The normalized spacial score (nSPS) is 14.0. The molecule has 32 heavy (non-hydrogen) atoms. The van der Waals surface area contributed by atoms with Gasteiger partial charge in [0.15, 0.2) is 5.69 Å². The number of morpholine rings is 1. The number of aromatic nitrogens is 3. The number of fused-ring (bicyclic) bond motifs is 1. The minimum absolute atomic E-state index is 0.112. The molecule has 0 unspecified atom stereocenters. The molecule has 0 amide bonds. The number of hydrogen-bond donors (Lipinski definition) is 3. The quantitative estimate of drug-likeness (QED) is 0.477. The van der Waals surface area contributed by atoms with Crippen molar-refractivity contribution in [1.29, 1.82) is 0 Å². The summed E-state index contributed by atoms with van der Waals surface area (Å²) in [5.74, 6) is -0.639. The Balaban J connectivity index is 1.96. The van der Waals surface area contributed by atoms with Gasteiger partial charge in [0, 0.05) is 32.3 Å². The van der Waals surface area contributed by atoms with Crippen molar-refractivity contribution in [2.75, 3.05) is 56.8 Å². The van der Waals surface area contributed by atoms with Crippen molar-refractivity contribution in [2.45, 2.75) is 6.61 Å². The molecule has 1 saturated heterocycles. The van der Waals surface area contributed by atoms with Crippen molar-refractivity contribution in [2.24, 2.45) is 0 Å². The molecule has 1 aliphatic heterocycles. The zero-order valence-corrected chi connectivity index (χ0v) is 17.7. The van der Waals surface area contributed by atoms with Crippen LogP contribution in [0.1, 0.15) is 16.1 Å². The molecule has 1 fully saturated rings. The van der Waals surface area contributed by atoms with E-state index in [-0.39, 0.29) is 18.8 Å². The SMILES string of the molecule is COCc1cccc(-c2nc(N3CCOCC3)nc3c(NCCO)cc(C(=O)O)nc23)c1. The van der Waals surface area contributed by atoms with E-state index in [1.165, 1.54) is 6.07 Å². The van der Waals surface area contributed by atoms with Crippen LogP contribution in [-0.4, -0.2) is 77.7 Å². The van der Waals surface area contributed by atoms with Gasteiger partial charge in [-0.2, -0.15) is 0 Å². The topological polar surface area (TPSA) is 130 Å². The third kappa shape index (κ3) is 4.62. The number of aliphatic hydroxyl groups is 1. The Bertz CT molecular complexity index is 1120. The first-order chi connectivity index (χ1) is 15.6. The van der Waals surface area contributed by atoms with Gasteiger partial charge in [-0.15, -0.1) is 0 Å². The van der Waals surface area contributed by atoms with Gasteiger partial charge in [0.05, 0.1) is 32.1 Å². The smallest absolute Gasteiger partial charge is 0.354 e. The van der Waals surface area contributed by atoms with Crippen molar-refractivity contribution in [3.8, 4) is 11.3 Å². The number of pyridine rings is 1. The van der Waals surface area contributed by atoms with Crippen LogP contribution in [0.4, 0.5) is 11.6 Å². The average molecular weight is 439 g/mol. The second kappa shape index (κ2) is 9.86. The van der Waals surface area contributed by atoms with E-state index >= 15 is 0 Å². The summed E-state index contributed by atoms with van der Waals surface area (Å²) in [6.45, 7) is 3.01. The predicted molar refractivity (Wildman–Crippen MR) is 119 cm³/mol. The molecule has 3 aromatic rings. The number of nitrogens with zero attached hydrogens (tertiary/aromatic N) is 4. The van der Waals surface area contributed by atoms with Crippen molar-refractivity contribution in [3.63, 3.8) is 0 Å². The Morgan fingerprint density at radius 2 is 2.00 bits per heavy atom. The highest BCUT2D eigenvalue weighted by Crippen LogP contribution is 2.32. The van der Waals surface area contributed by atoms with E-state index in [9.17, 15) is 15.0 Å². The number of carboxylic acids is 1.